The van der Waals surface area contributed by atoms with Crippen molar-refractivity contribution in [3.05, 3.63) is 39.9 Å². The van der Waals surface area contributed by atoms with Gasteiger partial charge in [-0.05, 0) is 26.0 Å². The Bertz CT molecular complexity index is 563. The number of carbonyl (C=O) groups excluding carboxylic acids is 1. The molecule has 0 unspecified atom stereocenters. The van der Waals surface area contributed by atoms with E-state index in [1.54, 1.807) is 6.92 Å². The monoisotopic (exact) mass is 263 g/mol. The van der Waals surface area contributed by atoms with E-state index in [-0.39, 0.29) is 17.7 Å². The molecule has 7 nitrogen and oxygen atoms in total. The van der Waals surface area contributed by atoms with E-state index in [9.17, 15) is 20.0 Å². The van der Waals surface area contributed by atoms with E-state index in [2.05, 4.69) is 5.10 Å². The summed E-state index contributed by atoms with van der Waals surface area (Å²) in [6, 6.07) is 5.18. The summed E-state index contributed by atoms with van der Waals surface area (Å²) < 4.78 is 0. The van der Waals surface area contributed by atoms with Crippen LogP contribution >= 0.6 is 0 Å². The van der Waals surface area contributed by atoms with Crippen LogP contribution in [0, 0.1) is 10.1 Å². The largest absolute Gasteiger partial charge is 0.369 e. The molecule has 0 saturated carbocycles. The molecule has 0 aliphatic carbocycles. The van der Waals surface area contributed by atoms with Gasteiger partial charge < -0.3 is 5.11 Å². The molecule has 19 heavy (non-hydrogen) atoms. The molecular weight excluding hydrogens is 250 g/mol. The van der Waals surface area contributed by atoms with Crippen LogP contribution in [0.25, 0.3) is 0 Å². The fraction of sp³-hybridized carbons (Fsp3) is 0.333. The van der Waals surface area contributed by atoms with Gasteiger partial charge in [-0.15, -0.1) is 0 Å². The first-order valence-electron chi connectivity index (χ1n) is 5.67. The summed E-state index contributed by atoms with van der Waals surface area (Å²) in [5.74, 6) is -0.489. The van der Waals surface area contributed by atoms with Crippen LogP contribution in [0.3, 0.4) is 0 Å². The van der Waals surface area contributed by atoms with Gasteiger partial charge >= 0.3 is 0 Å². The SMILES string of the molecule is CC1=NN(C(=O)c2ccc([N+](=O)[O-])cc2)[C@](C)(O)C1. The number of nitro benzene ring substituents is 1. The molecule has 1 aliphatic rings. The molecule has 1 aliphatic heterocycles. The topological polar surface area (TPSA) is 96.0 Å². The van der Waals surface area contributed by atoms with Gasteiger partial charge in [0.2, 0.25) is 0 Å². The summed E-state index contributed by atoms with van der Waals surface area (Å²) in [4.78, 5) is 22.2. The van der Waals surface area contributed by atoms with Gasteiger partial charge in [-0.1, -0.05) is 0 Å². The predicted molar refractivity (Wildman–Crippen MR) is 67.6 cm³/mol. The number of benzene rings is 1. The number of non-ortho nitro benzene ring substituents is 1. The van der Waals surface area contributed by atoms with Crippen LogP contribution in [0.1, 0.15) is 30.6 Å². The first-order chi connectivity index (χ1) is 8.81. The Morgan fingerprint density at radius 1 is 1.47 bits per heavy atom. The minimum Gasteiger partial charge on any atom is -0.369 e. The molecule has 0 bridgehead atoms. The first kappa shape index (κ1) is 13.2. The molecule has 0 fully saturated rings. The zero-order chi connectivity index (χ0) is 14.2. The predicted octanol–water partition coefficient (Wildman–Crippen LogP) is 1.53. The minimum atomic E-state index is -1.36. The lowest BCUT2D eigenvalue weighted by atomic mass is 10.1. The Morgan fingerprint density at radius 3 is 2.47 bits per heavy atom. The van der Waals surface area contributed by atoms with E-state index < -0.39 is 16.6 Å². The van der Waals surface area contributed by atoms with Crippen LogP contribution in [-0.2, 0) is 0 Å². The van der Waals surface area contributed by atoms with Crippen molar-refractivity contribution in [2.75, 3.05) is 0 Å². The van der Waals surface area contributed by atoms with Gasteiger partial charge in [-0.25, -0.2) is 0 Å². The average molecular weight is 263 g/mol. The van der Waals surface area contributed by atoms with Gasteiger partial charge in [0, 0.05) is 29.8 Å². The molecule has 1 aromatic rings. The highest BCUT2D eigenvalue weighted by atomic mass is 16.6. The quantitative estimate of drug-likeness (QED) is 0.646. The molecule has 100 valence electrons. The maximum Gasteiger partial charge on any atom is 0.276 e. The molecule has 0 saturated heterocycles. The highest BCUT2D eigenvalue weighted by Gasteiger charge is 2.39. The fourth-order valence-electron chi connectivity index (χ4n) is 1.99. The molecule has 1 N–H and O–H groups in total. The fourth-order valence-corrected chi connectivity index (χ4v) is 1.99. The second-order valence-corrected chi connectivity index (χ2v) is 4.65. The van der Waals surface area contributed by atoms with Crippen molar-refractivity contribution < 1.29 is 14.8 Å². The number of aliphatic hydroxyl groups is 1. The molecule has 1 heterocycles. The Morgan fingerprint density at radius 2 is 2.05 bits per heavy atom. The molecule has 2 rings (SSSR count). The summed E-state index contributed by atoms with van der Waals surface area (Å²) in [5, 5.41) is 25.6. The number of rotatable bonds is 2. The molecule has 0 radical (unpaired) electrons. The Labute approximate surface area is 109 Å². The molecule has 1 atom stereocenters. The van der Waals surface area contributed by atoms with Crippen LogP contribution in [0.5, 0.6) is 0 Å². The van der Waals surface area contributed by atoms with E-state index >= 15 is 0 Å². The molecule has 1 amide bonds. The average Bonchev–Trinajstić information content (AvgIpc) is 2.61. The lowest BCUT2D eigenvalue weighted by molar-refractivity contribution is -0.384. The van der Waals surface area contributed by atoms with Gasteiger partial charge in [-0.3, -0.25) is 14.9 Å². The standard InChI is InChI=1S/C12H13N3O4/c1-8-7-12(2,17)14(13-8)11(16)9-3-5-10(6-4-9)15(18)19/h3-6,17H,7H2,1-2H3/t12-/m1/s1. The van der Waals surface area contributed by atoms with Crippen molar-refractivity contribution in [3.8, 4) is 0 Å². The molecule has 0 aromatic heterocycles. The van der Waals surface area contributed by atoms with E-state index in [4.69, 9.17) is 0 Å². The van der Waals surface area contributed by atoms with Gasteiger partial charge in [0.1, 0.15) is 0 Å². The van der Waals surface area contributed by atoms with Crippen molar-refractivity contribution in [1.82, 2.24) is 5.01 Å². The second kappa shape index (κ2) is 4.43. The van der Waals surface area contributed by atoms with Crippen LogP contribution in [0.2, 0.25) is 0 Å². The Hall–Kier alpha value is -2.28. The van der Waals surface area contributed by atoms with Crippen molar-refractivity contribution in [1.29, 1.82) is 0 Å². The Kier molecular flexibility index (Phi) is 3.07. The lowest BCUT2D eigenvalue weighted by Crippen LogP contribution is -2.43. The Balaban J connectivity index is 2.27. The number of nitrogens with zero attached hydrogens (tertiary/aromatic N) is 3. The molecule has 0 spiro atoms. The summed E-state index contributed by atoms with van der Waals surface area (Å²) in [7, 11) is 0. The lowest BCUT2D eigenvalue weighted by Gasteiger charge is -2.26. The minimum absolute atomic E-state index is 0.0931. The number of hydrogen-bond donors (Lipinski definition) is 1. The van der Waals surface area contributed by atoms with E-state index in [0.717, 1.165) is 5.01 Å². The third-order valence-electron chi connectivity index (χ3n) is 2.84. The van der Waals surface area contributed by atoms with Gasteiger partial charge in [0.15, 0.2) is 5.72 Å². The number of hydrogen-bond acceptors (Lipinski definition) is 5. The summed E-state index contributed by atoms with van der Waals surface area (Å²) in [6.07, 6.45) is 0.283. The van der Waals surface area contributed by atoms with Crippen molar-refractivity contribution in [2.24, 2.45) is 5.10 Å². The number of carbonyl (C=O) groups is 1. The third-order valence-corrected chi connectivity index (χ3v) is 2.84. The number of hydrazone groups is 1. The molecule has 7 heteroatoms. The zero-order valence-electron chi connectivity index (χ0n) is 10.5. The maximum absolute atomic E-state index is 12.2. The first-order valence-corrected chi connectivity index (χ1v) is 5.67. The second-order valence-electron chi connectivity index (χ2n) is 4.65. The molecule has 1 aromatic carbocycles. The van der Waals surface area contributed by atoms with Gasteiger partial charge in [-0.2, -0.15) is 10.1 Å². The zero-order valence-corrected chi connectivity index (χ0v) is 10.5. The van der Waals surface area contributed by atoms with Crippen LogP contribution < -0.4 is 0 Å². The van der Waals surface area contributed by atoms with Gasteiger partial charge in [0.05, 0.1) is 4.92 Å². The smallest absolute Gasteiger partial charge is 0.276 e. The normalized spacial score (nSPS) is 22.3. The summed E-state index contributed by atoms with van der Waals surface area (Å²) in [6.45, 7) is 3.22. The summed E-state index contributed by atoms with van der Waals surface area (Å²) in [5.41, 5.74) is -0.558. The molecular formula is C12H13N3O4. The van der Waals surface area contributed by atoms with Crippen LogP contribution in [0.15, 0.2) is 29.4 Å². The van der Waals surface area contributed by atoms with E-state index in [1.807, 2.05) is 0 Å². The van der Waals surface area contributed by atoms with E-state index in [1.165, 1.54) is 31.2 Å². The van der Waals surface area contributed by atoms with Crippen molar-refractivity contribution in [3.63, 3.8) is 0 Å². The highest BCUT2D eigenvalue weighted by molar-refractivity contribution is 5.97. The number of amides is 1. The van der Waals surface area contributed by atoms with Crippen LogP contribution in [-0.4, -0.2) is 32.4 Å². The maximum atomic E-state index is 12.2. The summed E-state index contributed by atoms with van der Waals surface area (Å²) >= 11 is 0. The third kappa shape index (κ3) is 2.45. The number of nitro groups is 1. The van der Waals surface area contributed by atoms with Crippen LogP contribution in [0.4, 0.5) is 5.69 Å². The van der Waals surface area contributed by atoms with Crippen molar-refractivity contribution in [2.45, 2.75) is 26.0 Å². The highest BCUT2D eigenvalue weighted by Crippen LogP contribution is 2.26. The van der Waals surface area contributed by atoms with Gasteiger partial charge in [0.25, 0.3) is 11.6 Å². The van der Waals surface area contributed by atoms with Crippen molar-refractivity contribution >= 4 is 17.3 Å². The van der Waals surface area contributed by atoms with E-state index in [0.29, 0.717) is 5.71 Å².